The van der Waals surface area contributed by atoms with E-state index in [-0.39, 0.29) is 5.75 Å². The van der Waals surface area contributed by atoms with Crippen molar-refractivity contribution in [1.82, 2.24) is 4.72 Å². The smallest absolute Gasteiger partial charge is 0.211 e. The number of rotatable bonds is 4. The van der Waals surface area contributed by atoms with Crippen LogP contribution >= 0.6 is 0 Å². The molecule has 13 heavy (non-hydrogen) atoms. The molecule has 0 aliphatic carbocycles. The number of hydrogen-bond donors (Lipinski definition) is 0. The molecule has 0 heterocycles. The first kappa shape index (κ1) is 10.2. The van der Waals surface area contributed by atoms with Crippen molar-refractivity contribution < 1.29 is 8.42 Å². The second-order valence-electron chi connectivity index (χ2n) is 2.70. The van der Waals surface area contributed by atoms with E-state index < -0.39 is 10.0 Å². The van der Waals surface area contributed by atoms with Gasteiger partial charge in [-0.3, -0.25) is 0 Å². The quantitative estimate of drug-likeness (QED) is 0.718. The molecule has 4 heteroatoms. The van der Waals surface area contributed by atoms with Crippen molar-refractivity contribution in [1.29, 1.82) is 0 Å². The molecule has 0 aromatic heterocycles. The zero-order valence-corrected chi connectivity index (χ0v) is 8.29. The lowest BCUT2D eigenvalue weighted by Gasteiger charge is -2.00. The van der Waals surface area contributed by atoms with Gasteiger partial charge in [0.25, 0.3) is 0 Å². The summed E-state index contributed by atoms with van der Waals surface area (Å²) in [5.41, 5.74) is 1.02. The first-order valence-corrected chi connectivity index (χ1v) is 5.63. The number of nitrogens with zero attached hydrogens (tertiary/aromatic N) is 1. The first-order valence-electron chi connectivity index (χ1n) is 4.02. The average molecular weight is 198 g/mol. The third kappa shape index (κ3) is 3.57. The van der Waals surface area contributed by atoms with Crippen molar-refractivity contribution in [3.05, 3.63) is 35.9 Å². The van der Waals surface area contributed by atoms with Gasteiger partial charge in [-0.05, 0) is 12.0 Å². The highest BCUT2D eigenvalue weighted by Gasteiger charge is 2.07. The van der Waals surface area contributed by atoms with Crippen molar-refractivity contribution in [3.63, 3.8) is 0 Å². The van der Waals surface area contributed by atoms with E-state index in [4.69, 9.17) is 0 Å². The van der Waals surface area contributed by atoms with Crippen LogP contribution < -0.4 is 4.72 Å². The lowest BCUT2D eigenvalue weighted by atomic mass is 10.2. The lowest BCUT2D eigenvalue weighted by molar-refractivity contribution is 0.586. The molecule has 1 aromatic carbocycles. The standard InChI is InChI=1S/C9H12NO2S/c1-10-13(11,12)8-7-9-5-3-2-4-6-9/h2-6H,7-8H2,1H3. The molecule has 0 saturated heterocycles. The zero-order chi connectivity index (χ0) is 9.73. The van der Waals surface area contributed by atoms with Crippen LogP contribution in [0.5, 0.6) is 0 Å². The number of sulfonamides is 1. The van der Waals surface area contributed by atoms with Crippen molar-refractivity contribution >= 4 is 10.0 Å². The number of hydrogen-bond acceptors (Lipinski definition) is 2. The van der Waals surface area contributed by atoms with E-state index in [1.54, 1.807) is 0 Å². The molecule has 1 radical (unpaired) electrons. The highest BCUT2D eigenvalue weighted by Crippen LogP contribution is 2.01. The van der Waals surface area contributed by atoms with Gasteiger partial charge in [0.05, 0.1) is 5.75 Å². The second-order valence-corrected chi connectivity index (χ2v) is 4.64. The van der Waals surface area contributed by atoms with Gasteiger partial charge in [0.1, 0.15) is 0 Å². The van der Waals surface area contributed by atoms with Gasteiger partial charge in [0.15, 0.2) is 0 Å². The average Bonchev–Trinajstić information content (AvgIpc) is 2.17. The summed E-state index contributed by atoms with van der Waals surface area (Å²) in [6.07, 6.45) is 0.528. The Labute approximate surface area is 78.8 Å². The summed E-state index contributed by atoms with van der Waals surface area (Å²) in [6.45, 7) is 0. The van der Waals surface area contributed by atoms with Crippen LogP contribution in [0.15, 0.2) is 30.3 Å². The van der Waals surface area contributed by atoms with E-state index in [1.165, 1.54) is 7.05 Å². The molecular formula is C9H12NO2S. The van der Waals surface area contributed by atoms with Crippen LogP contribution in [0, 0.1) is 0 Å². The highest BCUT2D eigenvalue weighted by atomic mass is 32.2. The molecule has 3 nitrogen and oxygen atoms in total. The summed E-state index contributed by atoms with van der Waals surface area (Å²) in [5, 5.41) is 0. The molecule has 0 aliphatic rings. The summed E-state index contributed by atoms with van der Waals surface area (Å²) >= 11 is 0. The van der Waals surface area contributed by atoms with Crippen LogP contribution in [0.2, 0.25) is 0 Å². The van der Waals surface area contributed by atoms with Crippen LogP contribution in [0.25, 0.3) is 0 Å². The molecule has 0 N–H and O–H groups in total. The summed E-state index contributed by atoms with van der Waals surface area (Å²) in [7, 11) is -1.89. The molecule has 0 amide bonds. The Morgan fingerprint density at radius 2 is 1.85 bits per heavy atom. The van der Waals surface area contributed by atoms with Crippen molar-refractivity contribution in [3.8, 4) is 0 Å². The van der Waals surface area contributed by atoms with Gasteiger partial charge in [0.2, 0.25) is 10.0 Å². The lowest BCUT2D eigenvalue weighted by Crippen LogP contribution is -2.17. The van der Waals surface area contributed by atoms with Crippen molar-refractivity contribution in [2.75, 3.05) is 12.8 Å². The minimum atomic E-state index is -3.19. The third-order valence-electron chi connectivity index (χ3n) is 1.77. The maximum absolute atomic E-state index is 11.0. The largest absolute Gasteiger partial charge is 0.227 e. The minimum Gasteiger partial charge on any atom is -0.211 e. The maximum Gasteiger partial charge on any atom is 0.227 e. The highest BCUT2D eigenvalue weighted by molar-refractivity contribution is 7.89. The van der Waals surface area contributed by atoms with Crippen LogP contribution in [0.3, 0.4) is 0 Å². The molecule has 0 bridgehead atoms. The molecule has 71 valence electrons. The number of benzene rings is 1. The van der Waals surface area contributed by atoms with Gasteiger partial charge in [-0.2, -0.15) is 0 Å². The zero-order valence-electron chi connectivity index (χ0n) is 7.47. The van der Waals surface area contributed by atoms with Gasteiger partial charge in [-0.25, -0.2) is 8.42 Å². The van der Waals surface area contributed by atoms with E-state index in [2.05, 4.69) is 4.72 Å². The fourth-order valence-corrected chi connectivity index (χ4v) is 1.66. The summed E-state index contributed by atoms with van der Waals surface area (Å²) in [6, 6.07) is 9.51. The van der Waals surface area contributed by atoms with Gasteiger partial charge in [-0.15, -0.1) is 4.72 Å². The summed E-state index contributed by atoms with van der Waals surface area (Å²) in [5.74, 6) is 0.0908. The van der Waals surface area contributed by atoms with Crippen LogP contribution in [0.1, 0.15) is 5.56 Å². The topological polar surface area (TPSA) is 48.2 Å². The van der Waals surface area contributed by atoms with Gasteiger partial charge in [0, 0.05) is 7.05 Å². The van der Waals surface area contributed by atoms with Crippen LogP contribution in [-0.4, -0.2) is 21.2 Å². The van der Waals surface area contributed by atoms with Crippen molar-refractivity contribution in [2.45, 2.75) is 6.42 Å². The van der Waals surface area contributed by atoms with E-state index in [1.807, 2.05) is 30.3 Å². The Morgan fingerprint density at radius 1 is 1.23 bits per heavy atom. The van der Waals surface area contributed by atoms with Gasteiger partial charge in [-0.1, -0.05) is 30.3 Å². The van der Waals surface area contributed by atoms with Crippen LogP contribution in [0.4, 0.5) is 0 Å². The molecule has 1 rings (SSSR count). The molecule has 1 aromatic rings. The second kappa shape index (κ2) is 4.39. The Kier molecular flexibility index (Phi) is 3.45. The minimum absolute atomic E-state index is 0.0908. The first-order chi connectivity index (χ1) is 6.14. The monoisotopic (exact) mass is 198 g/mol. The molecule has 0 atom stereocenters. The van der Waals surface area contributed by atoms with Crippen LogP contribution in [-0.2, 0) is 16.4 Å². The Balaban J connectivity index is 2.54. The molecule has 0 spiro atoms. The van der Waals surface area contributed by atoms with Gasteiger partial charge >= 0.3 is 0 Å². The van der Waals surface area contributed by atoms with E-state index in [9.17, 15) is 8.42 Å². The van der Waals surface area contributed by atoms with Gasteiger partial charge < -0.3 is 0 Å². The molecule has 0 fully saturated rings. The predicted octanol–water partition coefficient (Wildman–Crippen LogP) is 0.793. The fourth-order valence-electron chi connectivity index (χ4n) is 0.983. The predicted molar refractivity (Wildman–Crippen MR) is 52.0 cm³/mol. The van der Waals surface area contributed by atoms with Crippen molar-refractivity contribution in [2.24, 2.45) is 0 Å². The van der Waals surface area contributed by atoms with E-state index in [0.29, 0.717) is 6.42 Å². The summed E-state index contributed by atoms with van der Waals surface area (Å²) in [4.78, 5) is 0. The summed E-state index contributed by atoms with van der Waals surface area (Å²) < 4.78 is 25.3. The Hall–Kier alpha value is -0.870. The molecule has 0 aliphatic heterocycles. The Morgan fingerprint density at radius 3 is 2.38 bits per heavy atom. The normalized spacial score (nSPS) is 11.5. The number of aryl methyl sites for hydroxylation is 1. The van der Waals surface area contributed by atoms with E-state index in [0.717, 1.165) is 5.56 Å². The third-order valence-corrected chi connectivity index (χ3v) is 3.05. The maximum atomic E-state index is 11.0. The Bertz CT molecular complexity index is 345. The fraction of sp³-hybridized carbons (Fsp3) is 0.333. The molecule has 0 unspecified atom stereocenters. The SMILES string of the molecule is C[N]S(=O)(=O)CCc1ccccc1. The molecule has 0 saturated carbocycles. The molecular weight excluding hydrogens is 186 g/mol. The van der Waals surface area contributed by atoms with E-state index >= 15 is 0 Å².